The van der Waals surface area contributed by atoms with Gasteiger partial charge in [0.2, 0.25) is 5.91 Å². The molecule has 0 radical (unpaired) electrons. The zero-order valence-corrected chi connectivity index (χ0v) is 16.3. The first-order chi connectivity index (χ1) is 11.8. The zero-order chi connectivity index (χ0) is 18.6. The number of halogens is 1. The SMILES string of the molecule is Cc1ccc(Cl)cc1N1CC[NH+](CC(=O)N(C)CC(=O)N(C)C)CC1. The van der Waals surface area contributed by atoms with E-state index in [1.54, 1.807) is 21.1 Å². The Balaban J connectivity index is 1.85. The Bertz CT molecular complexity index is 628. The standard InChI is InChI=1S/C18H27ClN4O2/c1-14-5-6-15(19)11-16(14)23-9-7-22(8-10-23)13-18(25)21(4)12-17(24)20(2)3/h5-6,11H,7-10,12-13H2,1-4H3/p+1. The van der Waals surface area contributed by atoms with Gasteiger partial charge in [-0.2, -0.15) is 0 Å². The van der Waals surface area contributed by atoms with Crippen LogP contribution in [0.25, 0.3) is 0 Å². The molecule has 25 heavy (non-hydrogen) atoms. The number of carbonyl (C=O) groups excluding carboxylic acids is 2. The van der Waals surface area contributed by atoms with Gasteiger partial charge in [-0.15, -0.1) is 0 Å². The average Bonchev–Trinajstić information content (AvgIpc) is 2.57. The second-order valence-electron chi connectivity index (χ2n) is 6.88. The number of nitrogens with zero attached hydrogens (tertiary/aromatic N) is 3. The van der Waals surface area contributed by atoms with Gasteiger partial charge >= 0.3 is 0 Å². The third-order valence-corrected chi connectivity index (χ3v) is 4.92. The summed E-state index contributed by atoms with van der Waals surface area (Å²) < 4.78 is 0. The van der Waals surface area contributed by atoms with E-state index in [2.05, 4.69) is 11.8 Å². The number of benzene rings is 1. The molecule has 0 atom stereocenters. The minimum atomic E-state index is -0.0629. The molecule has 1 aliphatic heterocycles. The van der Waals surface area contributed by atoms with Crippen LogP contribution in [0.4, 0.5) is 5.69 Å². The van der Waals surface area contributed by atoms with E-state index < -0.39 is 0 Å². The van der Waals surface area contributed by atoms with Crippen LogP contribution in [0, 0.1) is 6.92 Å². The molecule has 1 saturated heterocycles. The van der Waals surface area contributed by atoms with E-state index >= 15 is 0 Å². The predicted octanol–water partition coefficient (Wildman–Crippen LogP) is -0.100. The van der Waals surface area contributed by atoms with E-state index in [9.17, 15) is 9.59 Å². The molecule has 7 heteroatoms. The third kappa shape index (κ3) is 5.34. The third-order valence-electron chi connectivity index (χ3n) is 4.68. The van der Waals surface area contributed by atoms with Crippen LogP contribution in [0.5, 0.6) is 0 Å². The molecule has 1 aromatic carbocycles. The van der Waals surface area contributed by atoms with Crippen molar-refractivity contribution < 1.29 is 14.5 Å². The average molecular weight is 368 g/mol. The lowest BCUT2D eigenvalue weighted by atomic mass is 10.1. The molecule has 2 amide bonds. The Morgan fingerprint density at radius 3 is 2.40 bits per heavy atom. The monoisotopic (exact) mass is 367 g/mol. The van der Waals surface area contributed by atoms with Crippen molar-refractivity contribution in [2.24, 2.45) is 0 Å². The number of likely N-dealkylation sites (N-methyl/N-ethyl adjacent to an activating group) is 2. The number of rotatable bonds is 5. The number of nitrogens with one attached hydrogen (secondary N) is 1. The molecule has 2 rings (SSSR count). The number of quaternary nitrogens is 1. The molecule has 0 aliphatic carbocycles. The van der Waals surface area contributed by atoms with Crippen molar-refractivity contribution in [2.45, 2.75) is 6.92 Å². The van der Waals surface area contributed by atoms with Crippen LogP contribution >= 0.6 is 11.6 Å². The lowest BCUT2D eigenvalue weighted by Crippen LogP contribution is -3.15. The first-order valence-corrected chi connectivity index (χ1v) is 8.94. The molecular weight excluding hydrogens is 340 g/mol. The van der Waals surface area contributed by atoms with Gasteiger partial charge in [-0.3, -0.25) is 9.59 Å². The largest absolute Gasteiger partial charge is 0.360 e. The normalized spacial score (nSPS) is 15.2. The maximum atomic E-state index is 12.3. The molecule has 138 valence electrons. The van der Waals surface area contributed by atoms with Crippen molar-refractivity contribution in [2.75, 3.05) is 65.3 Å². The summed E-state index contributed by atoms with van der Waals surface area (Å²) in [6, 6.07) is 5.95. The Labute approximate surface area is 154 Å². The van der Waals surface area contributed by atoms with Gasteiger partial charge in [-0.1, -0.05) is 17.7 Å². The summed E-state index contributed by atoms with van der Waals surface area (Å²) >= 11 is 6.12. The van der Waals surface area contributed by atoms with Crippen molar-refractivity contribution in [3.63, 3.8) is 0 Å². The van der Waals surface area contributed by atoms with Gasteiger partial charge in [0.15, 0.2) is 6.54 Å². The van der Waals surface area contributed by atoms with Gasteiger partial charge in [0.05, 0.1) is 32.7 Å². The van der Waals surface area contributed by atoms with Crippen LogP contribution in [0.15, 0.2) is 18.2 Å². The number of anilines is 1. The van der Waals surface area contributed by atoms with Gasteiger partial charge in [-0.25, -0.2) is 0 Å². The molecule has 1 N–H and O–H groups in total. The van der Waals surface area contributed by atoms with Crippen molar-refractivity contribution in [1.29, 1.82) is 0 Å². The highest BCUT2D eigenvalue weighted by atomic mass is 35.5. The highest BCUT2D eigenvalue weighted by molar-refractivity contribution is 6.30. The molecule has 0 aromatic heterocycles. The second-order valence-corrected chi connectivity index (χ2v) is 7.32. The van der Waals surface area contributed by atoms with Crippen molar-refractivity contribution in [3.8, 4) is 0 Å². The number of carbonyl (C=O) groups is 2. The van der Waals surface area contributed by atoms with Crippen molar-refractivity contribution >= 4 is 29.1 Å². The predicted molar refractivity (Wildman–Crippen MR) is 100 cm³/mol. The molecule has 1 aromatic rings. The summed E-state index contributed by atoms with van der Waals surface area (Å²) in [5.74, 6) is -0.0512. The van der Waals surface area contributed by atoms with Gasteiger partial charge in [0.1, 0.15) is 0 Å². The van der Waals surface area contributed by atoms with E-state index in [1.165, 1.54) is 26.0 Å². The number of aryl methyl sites for hydroxylation is 1. The molecule has 1 heterocycles. The Kier molecular flexibility index (Phi) is 6.67. The van der Waals surface area contributed by atoms with E-state index in [0.717, 1.165) is 31.2 Å². The van der Waals surface area contributed by atoms with Gasteiger partial charge in [0.25, 0.3) is 5.91 Å². The summed E-state index contributed by atoms with van der Waals surface area (Å²) in [5, 5.41) is 0.748. The van der Waals surface area contributed by atoms with Crippen LogP contribution in [-0.2, 0) is 9.59 Å². The topological polar surface area (TPSA) is 48.3 Å². The first-order valence-electron chi connectivity index (χ1n) is 8.56. The molecular formula is C18H28ClN4O2+. The Morgan fingerprint density at radius 2 is 1.80 bits per heavy atom. The lowest BCUT2D eigenvalue weighted by molar-refractivity contribution is -0.892. The van der Waals surface area contributed by atoms with Crippen LogP contribution < -0.4 is 9.80 Å². The molecule has 0 spiro atoms. The summed E-state index contributed by atoms with van der Waals surface area (Å²) in [7, 11) is 5.08. The number of hydrogen-bond acceptors (Lipinski definition) is 3. The first kappa shape index (κ1) is 19.5. The number of hydrogen-bond donors (Lipinski definition) is 1. The Morgan fingerprint density at radius 1 is 1.16 bits per heavy atom. The minimum absolute atomic E-state index is 0.0117. The number of piperazine rings is 1. The van der Waals surface area contributed by atoms with Crippen LogP contribution in [-0.4, -0.2) is 82.0 Å². The molecule has 1 aliphatic rings. The summed E-state index contributed by atoms with van der Waals surface area (Å²) in [5.41, 5.74) is 2.39. The van der Waals surface area contributed by atoms with E-state index in [0.29, 0.717) is 6.54 Å². The summed E-state index contributed by atoms with van der Waals surface area (Å²) in [6.07, 6.45) is 0. The summed E-state index contributed by atoms with van der Waals surface area (Å²) in [6.45, 7) is 6.23. The molecule has 6 nitrogen and oxygen atoms in total. The summed E-state index contributed by atoms with van der Waals surface area (Å²) in [4.78, 5) is 30.6. The fourth-order valence-electron chi connectivity index (χ4n) is 2.95. The van der Waals surface area contributed by atoms with E-state index in [-0.39, 0.29) is 18.4 Å². The molecule has 0 unspecified atom stereocenters. The minimum Gasteiger partial charge on any atom is -0.360 e. The fourth-order valence-corrected chi connectivity index (χ4v) is 3.11. The Hall–Kier alpha value is -1.79. The fraction of sp³-hybridized carbons (Fsp3) is 0.556. The lowest BCUT2D eigenvalue weighted by Gasteiger charge is -2.34. The smallest absolute Gasteiger partial charge is 0.277 e. The van der Waals surface area contributed by atoms with E-state index in [1.807, 2.05) is 18.2 Å². The van der Waals surface area contributed by atoms with Gasteiger partial charge in [-0.05, 0) is 24.6 Å². The van der Waals surface area contributed by atoms with Crippen LogP contribution in [0.3, 0.4) is 0 Å². The second kappa shape index (κ2) is 8.54. The van der Waals surface area contributed by atoms with Gasteiger partial charge in [0, 0.05) is 31.9 Å². The molecule has 0 saturated carbocycles. The van der Waals surface area contributed by atoms with Crippen molar-refractivity contribution in [3.05, 3.63) is 28.8 Å². The highest BCUT2D eigenvalue weighted by Crippen LogP contribution is 2.24. The molecule has 1 fully saturated rings. The maximum absolute atomic E-state index is 12.3. The van der Waals surface area contributed by atoms with E-state index in [4.69, 9.17) is 11.6 Å². The quantitative estimate of drug-likeness (QED) is 0.790. The number of amides is 2. The highest BCUT2D eigenvalue weighted by Gasteiger charge is 2.25. The zero-order valence-electron chi connectivity index (χ0n) is 15.5. The van der Waals surface area contributed by atoms with Gasteiger partial charge < -0.3 is 19.6 Å². The maximum Gasteiger partial charge on any atom is 0.277 e. The molecule has 0 bridgehead atoms. The van der Waals surface area contributed by atoms with Crippen LogP contribution in [0.1, 0.15) is 5.56 Å². The van der Waals surface area contributed by atoms with Crippen LogP contribution in [0.2, 0.25) is 5.02 Å². The van der Waals surface area contributed by atoms with Crippen molar-refractivity contribution in [1.82, 2.24) is 9.80 Å².